The van der Waals surface area contributed by atoms with Crippen LogP contribution in [0.5, 0.6) is 0 Å². The molecule has 1 aromatic heterocycles. The number of hydrogen-bond acceptors (Lipinski definition) is 3. The summed E-state index contributed by atoms with van der Waals surface area (Å²) in [5.74, 6) is 0.396. The zero-order chi connectivity index (χ0) is 8.97. The lowest BCUT2D eigenvalue weighted by molar-refractivity contribution is 0.646. The fraction of sp³-hybridized carbons (Fsp3) is 0.500. The molecule has 0 spiro atoms. The highest BCUT2D eigenvalue weighted by atomic mass is 35.5. The summed E-state index contributed by atoms with van der Waals surface area (Å²) in [7, 11) is 1.93. The average Bonchev–Trinajstić information content (AvgIpc) is 2.47. The lowest BCUT2D eigenvalue weighted by Gasteiger charge is -2.11. The Balaban J connectivity index is 2.66. The Morgan fingerprint density at radius 1 is 1.67 bits per heavy atom. The molecule has 1 heterocycles. The molecule has 0 aliphatic heterocycles. The Morgan fingerprint density at radius 3 is 2.83 bits per heavy atom. The smallest absolute Gasteiger partial charge is 0.0931 e. The van der Waals surface area contributed by atoms with Crippen LogP contribution in [0, 0.1) is 0 Å². The summed E-state index contributed by atoms with van der Waals surface area (Å²) in [6.07, 6.45) is 0. The predicted octanol–water partition coefficient (Wildman–Crippen LogP) is 1.66. The fourth-order valence-electron chi connectivity index (χ4n) is 1.09. The van der Waals surface area contributed by atoms with Crippen molar-refractivity contribution in [1.29, 1.82) is 0 Å². The molecule has 0 aliphatic rings. The van der Waals surface area contributed by atoms with Crippen LogP contribution in [0.15, 0.2) is 12.1 Å². The van der Waals surface area contributed by atoms with E-state index in [1.165, 1.54) is 4.88 Å². The van der Waals surface area contributed by atoms with Crippen molar-refractivity contribution < 1.29 is 0 Å². The Hall–Kier alpha value is -0.0900. The Bertz CT molecular complexity index is 237. The van der Waals surface area contributed by atoms with Gasteiger partial charge in [-0.2, -0.15) is 0 Å². The summed E-state index contributed by atoms with van der Waals surface area (Å²) < 4.78 is 0.833. The molecule has 1 atom stereocenters. The zero-order valence-electron chi connectivity index (χ0n) is 7.01. The Morgan fingerprint density at radius 2 is 2.42 bits per heavy atom. The van der Waals surface area contributed by atoms with Gasteiger partial charge < -0.3 is 11.1 Å². The van der Waals surface area contributed by atoms with Crippen molar-refractivity contribution in [2.24, 2.45) is 5.73 Å². The minimum Gasteiger partial charge on any atom is -0.330 e. The molecule has 0 radical (unpaired) electrons. The molecule has 0 amide bonds. The van der Waals surface area contributed by atoms with Gasteiger partial charge in [0.05, 0.1) is 4.34 Å². The second-order valence-electron chi connectivity index (χ2n) is 2.63. The van der Waals surface area contributed by atoms with Crippen LogP contribution in [0.2, 0.25) is 4.34 Å². The third-order valence-electron chi connectivity index (χ3n) is 1.73. The van der Waals surface area contributed by atoms with Crippen LogP contribution >= 0.6 is 22.9 Å². The van der Waals surface area contributed by atoms with Crippen LogP contribution < -0.4 is 11.1 Å². The van der Waals surface area contributed by atoms with Crippen LogP contribution in [-0.4, -0.2) is 20.1 Å². The molecular weight excluding hydrogens is 192 g/mol. The molecule has 1 rings (SSSR count). The SMILES string of the molecule is CNCC(CN)c1ccc(Cl)s1. The number of likely N-dealkylation sites (N-methyl/N-ethyl adjacent to an activating group) is 1. The molecule has 1 aromatic rings. The van der Waals surface area contributed by atoms with Crippen LogP contribution in [0.1, 0.15) is 10.8 Å². The second kappa shape index (κ2) is 4.82. The van der Waals surface area contributed by atoms with E-state index in [-0.39, 0.29) is 0 Å². The highest BCUT2D eigenvalue weighted by molar-refractivity contribution is 7.16. The molecule has 12 heavy (non-hydrogen) atoms. The molecule has 0 bridgehead atoms. The van der Waals surface area contributed by atoms with Crippen molar-refractivity contribution in [3.8, 4) is 0 Å². The fourth-order valence-corrected chi connectivity index (χ4v) is 2.27. The predicted molar refractivity (Wildman–Crippen MR) is 55.1 cm³/mol. The van der Waals surface area contributed by atoms with Crippen molar-refractivity contribution in [2.75, 3.05) is 20.1 Å². The molecule has 0 saturated heterocycles. The molecule has 2 nitrogen and oxygen atoms in total. The standard InChI is InChI=1S/C8H13ClN2S/c1-11-5-6(4-10)7-2-3-8(9)12-7/h2-3,6,11H,4-5,10H2,1H3. The quantitative estimate of drug-likeness (QED) is 0.783. The van der Waals surface area contributed by atoms with Gasteiger partial charge >= 0.3 is 0 Å². The van der Waals surface area contributed by atoms with Gasteiger partial charge in [0.2, 0.25) is 0 Å². The largest absolute Gasteiger partial charge is 0.330 e. The van der Waals surface area contributed by atoms with Crippen molar-refractivity contribution in [2.45, 2.75) is 5.92 Å². The Labute approximate surface area is 81.7 Å². The highest BCUT2D eigenvalue weighted by Crippen LogP contribution is 2.27. The van der Waals surface area contributed by atoms with Crippen LogP contribution in [0.4, 0.5) is 0 Å². The van der Waals surface area contributed by atoms with Crippen molar-refractivity contribution in [1.82, 2.24) is 5.32 Å². The summed E-state index contributed by atoms with van der Waals surface area (Å²) in [6, 6.07) is 3.96. The summed E-state index contributed by atoms with van der Waals surface area (Å²) in [6.45, 7) is 1.57. The van der Waals surface area contributed by atoms with Gasteiger partial charge in [-0.15, -0.1) is 11.3 Å². The average molecular weight is 205 g/mol. The molecule has 0 aromatic carbocycles. The molecule has 4 heteroatoms. The van der Waals surface area contributed by atoms with Gasteiger partial charge in [-0.1, -0.05) is 11.6 Å². The molecule has 68 valence electrons. The van der Waals surface area contributed by atoms with Crippen molar-refractivity contribution in [3.05, 3.63) is 21.3 Å². The van der Waals surface area contributed by atoms with E-state index in [9.17, 15) is 0 Å². The van der Waals surface area contributed by atoms with Crippen molar-refractivity contribution >= 4 is 22.9 Å². The molecular formula is C8H13ClN2S. The lowest BCUT2D eigenvalue weighted by atomic mass is 10.1. The van der Waals surface area contributed by atoms with Gasteiger partial charge in [0, 0.05) is 23.9 Å². The van der Waals surface area contributed by atoms with Gasteiger partial charge in [-0.3, -0.25) is 0 Å². The molecule has 0 fully saturated rings. The van der Waals surface area contributed by atoms with Crippen molar-refractivity contribution in [3.63, 3.8) is 0 Å². The van der Waals surface area contributed by atoms with E-state index in [0.717, 1.165) is 10.9 Å². The normalized spacial score (nSPS) is 13.2. The lowest BCUT2D eigenvalue weighted by Crippen LogP contribution is -2.23. The second-order valence-corrected chi connectivity index (χ2v) is 4.38. The summed E-state index contributed by atoms with van der Waals surface area (Å²) in [5, 5.41) is 3.11. The number of hydrogen-bond donors (Lipinski definition) is 2. The first-order chi connectivity index (χ1) is 5.77. The summed E-state index contributed by atoms with van der Waals surface area (Å²) in [5.41, 5.74) is 5.62. The van der Waals surface area contributed by atoms with Gasteiger partial charge in [0.1, 0.15) is 0 Å². The molecule has 0 aliphatic carbocycles. The number of rotatable bonds is 4. The van der Waals surface area contributed by atoms with Crippen LogP contribution in [-0.2, 0) is 0 Å². The zero-order valence-corrected chi connectivity index (χ0v) is 8.58. The van der Waals surface area contributed by atoms with Crippen LogP contribution in [0.25, 0.3) is 0 Å². The van der Waals surface area contributed by atoms with Crippen LogP contribution in [0.3, 0.4) is 0 Å². The van der Waals surface area contributed by atoms with Gasteiger partial charge in [0.25, 0.3) is 0 Å². The van der Waals surface area contributed by atoms with Gasteiger partial charge in [-0.05, 0) is 19.2 Å². The first-order valence-corrected chi connectivity index (χ1v) is 5.07. The number of nitrogens with one attached hydrogen (secondary N) is 1. The minimum atomic E-state index is 0.396. The van der Waals surface area contributed by atoms with Gasteiger partial charge in [0.15, 0.2) is 0 Å². The number of halogens is 1. The molecule has 3 N–H and O–H groups in total. The monoisotopic (exact) mass is 204 g/mol. The topological polar surface area (TPSA) is 38.0 Å². The Kier molecular flexibility index (Phi) is 4.01. The van der Waals surface area contributed by atoms with Gasteiger partial charge in [-0.25, -0.2) is 0 Å². The highest BCUT2D eigenvalue weighted by Gasteiger charge is 2.10. The van der Waals surface area contributed by atoms with E-state index in [1.807, 2.05) is 19.2 Å². The maximum Gasteiger partial charge on any atom is 0.0931 e. The van der Waals surface area contributed by atoms with E-state index in [1.54, 1.807) is 11.3 Å². The number of nitrogens with two attached hydrogens (primary N) is 1. The molecule has 0 saturated carbocycles. The first-order valence-electron chi connectivity index (χ1n) is 3.87. The van der Waals surface area contributed by atoms with E-state index in [4.69, 9.17) is 17.3 Å². The van der Waals surface area contributed by atoms with E-state index in [0.29, 0.717) is 12.5 Å². The summed E-state index contributed by atoms with van der Waals surface area (Å²) >= 11 is 7.42. The maximum atomic E-state index is 5.82. The molecule has 1 unspecified atom stereocenters. The number of thiophene rings is 1. The maximum absolute atomic E-state index is 5.82. The third kappa shape index (κ3) is 2.45. The van der Waals surface area contributed by atoms with E-state index >= 15 is 0 Å². The minimum absolute atomic E-state index is 0.396. The van der Waals surface area contributed by atoms with E-state index < -0.39 is 0 Å². The summed E-state index contributed by atoms with van der Waals surface area (Å²) in [4.78, 5) is 1.26. The first kappa shape index (κ1) is 9.99. The van der Waals surface area contributed by atoms with E-state index in [2.05, 4.69) is 5.32 Å². The third-order valence-corrected chi connectivity index (χ3v) is 3.13.